The van der Waals surface area contributed by atoms with Gasteiger partial charge in [0.05, 0.1) is 24.6 Å². The molecule has 1 amide bonds. The van der Waals surface area contributed by atoms with Crippen molar-refractivity contribution in [3.8, 4) is 0 Å². The number of anilines is 1. The summed E-state index contributed by atoms with van der Waals surface area (Å²) >= 11 is 0. The Morgan fingerprint density at radius 2 is 1.72 bits per heavy atom. The highest BCUT2D eigenvalue weighted by Crippen LogP contribution is 2.36. The monoisotopic (exact) mass is 535 g/mol. The fourth-order valence-corrected chi connectivity index (χ4v) is 4.45. The maximum Gasteiger partial charge on any atom is 0.308 e. The first-order valence-corrected chi connectivity index (χ1v) is 14.0. The van der Waals surface area contributed by atoms with Crippen LogP contribution in [-0.4, -0.2) is 39.1 Å². The number of benzene rings is 2. The van der Waals surface area contributed by atoms with Crippen LogP contribution in [0.15, 0.2) is 54.2 Å². The van der Waals surface area contributed by atoms with Gasteiger partial charge >= 0.3 is 5.97 Å². The molecule has 0 fully saturated rings. The first-order chi connectivity index (χ1) is 18.5. The van der Waals surface area contributed by atoms with Gasteiger partial charge in [-0.1, -0.05) is 58.9 Å². The molecule has 39 heavy (non-hydrogen) atoms. The van der Waals surface area contributed by atoms with Crippen LogP contribution in [0.2, 0.25) is 0 Å². The Hall–Kier alpha value is -3.48. The van der Waals surface area contributed by atoms with E-state index in [2.05, 4.69) is 55.7 Å². The molecular weight excluding hydrogens is 490 g/mol. The Balaban J connectivity index is 1.72. The van der Waals surface area contributed by atoms with E-state index in [1.165, 1.54) is 5.56 Å². The average molecular weight is 536 g/mol. The number of rotatable bonds is 12. The second-order valence-electron chi connectivity index (χ2n) is 11.4. The number of nitrogens with one attached hydrogen (secondary N) is 2. The van der Waals surface area contributed by atoms with E-state index < -0.39 is 0 Å². The van der Waals surface area contributed by atoms with E-state index in [1.807, 2.05) is 57.1 Å². The summed E-state index contributed by atoms with van der Waals surface area (Å²) in [5, 5.41) is 6.42. The van der Waals surface area contributed by atoms with Crippen LogP contribution in [-0.2, 0) is 24.5 Å². The van der Waals surface area contributed by atoms with Crippen molar-refractivity contribution in [3.05, 3.63) is 70.9 Å². The van der Waals surface area contributed by atoms with Gasteiger partial charge in [0.2, 0.25) is 5.91 Å². The zero-order valence-electron chi connectivity index (χ0n) is 24.6. The molecule has 1 aliphatic rings. The first kappa shape index (κ1) is 30.1. The van der Waals surface area contributed by atoms with Gasteiger partial charge in [0.1, 0.15) is 5.76 Å². The lowest BCUT2D eigenvalue weighted by Gasteiger charge is -2.20. The van der Waals surface area contributed by atoms with Crippen molar-refractivity contribution < 1.29 is 19.1 Å². The number of amides is 1. The molecule has 0 saturated heterocycles. The highest BCUT2D eigenvalue weighted by atomic mass is 16.5. The largest absolute Gasteiger partial charge is 0.465 e. The van der Waals surface area contributed by atoms with Crippen LogP contribution < -0.4 is 15.5 Å². The van der Waals surface area contributed by atoms with Gasteiger partial charge in [0, 0.05) is 37.5 Å². The molecule has 0 bridgehead atoms. The molecule has 1 aliphatic heterocycles. The molecule has 7 nitrogen and oxygen atoms in total. The number of hydrogen-bond acceptors (Lipinski definition) is 6. The third-order valence-electron chi connectivity index (χ3n) is 6.97. The zero-order valence-corrected chi connectivity index (χ0v) is 24.6. The minimum atomic E-state index is -0.386. The first-order valence-electron chi connectivity index (χ1n) is 14.0. The van der Waals surface area contributed by atoms with Gasteiger partial charge in [-0.25, -0.2) is 0 Å². The van der Waals surface area contributed by atoms with E-state index in [-0.39, 0.29) is 35.9 Å². The Bertz CT molecular complexity index is 1130. The van der Waals surface area contributed by atoms with Crippen molar-refractivity contribution in [3.63, 3.8) is 0 Å². The number of hydrogen-bond donors (Lipinski definition) is 2. The van der Waals surface area contributed by atoms with Gasteiger partial charge in [-0.05, 0) is 54.5 Å². The molecule has 2 aromatic rings. The van der Waals surface area contributed by atoms with Gasteiger partial charge in [-0.2, -0.15) is 0 Å². The molecule has 0 aliphatic carbocycles. The van der Waals surface area contributed by atoms with E-state index in [1.54, 1.807) is 0 Å². The fraction of sp³-hybridized carbons (Fsp3) is 0.500. The normalized spacial score (nSPS) is 15.8. The summed E-state index contributed by atoms with van der Waals surface area (Å²) < 4.78 is 11.7. The second-order valence-corrected chi connectivity index (χ2v) is 11.4. The minimum absolute atomic E-state index is 0.0624. The summed E-state index contributed by atoms with van der Waals surface area (Å²) in [6, 6.07) is 16.5. The average Bonchev–Trinajstić information content (AvgIpc) is 3.32. The van der Waals surface area contributed by atoms with Gasteiger partial charge in [0.25, 0.3) is 0 Å². The number of carbonyl (C=O) groups is 2. The van der Waals surface area contributed by atoms with Crippen molar-refractivity contribution in [2.75, 3.05) is 32.1 Å². The van der Waals surface area contributed by atoms with Crippen LogP contribution >= 0.6 is 0 Å². The standard InChI is InChI=1S/C32H45N3O4/c1-8-20-38-31(37)22(9-2)18-19-33-28(36)21-27-29(23-12-16-26(17-13-23)35(6)7)39-30(34-27)24-10-14-25(15-11-24)32(3,4)5/h10-17,22,30,34H,8-9,18-21H2,1-7H3,(H,33,36). The molecular formula is C32H45N3O4. The van der Waals surface area contributed by atoms with Crippen LogP contribution in [0.3, 0.4) is 0 Å². The maximum atomic E-state index is 13.0. The second kappa shape index (κ2) is 13.5. The highest BCUT2D eigenvalue weighted by molar-refractivity contribution is 5.82. The third-order valence-corrected chi connectivity index (χ3v) is 6.97. The molecule has 2 N–H and O–H groups in total. The smallest absolute Gasteiger partial charge is 0.308 e. The van der Waals surface area contributed by atoms with Crippen molar-refractivity contribution >= 4 is 23.3 Å². The summed E-state index contributed by atoms with van der Waals surface area (Å²) in [5.74, 6) is 0.153. The van der Waals surface area contributed by atoms with Gasteiger partial charge in [-0.15, -0.1) is 0 Å². The molecule has 2 unspecified atom stereocenters. The SMILES string of the molecule is CCCOC(=O)C(CC)CCNC(=O)CC1=C(c2ccc(N(C)C)cc2)OC(c2ccc(C(C)(C)C)cc2)N1. The number of ether oxygens (including phenoxy) is 2. The van der Waals surface area contributed by atoms with E-state index in [0.717, 1.165) is 28.9 Å². The fourth-order valence-electron chi connectivity index (χ4n) is 4.45. The molecule has 2 aromatic carbocycles. The van der Waals surface area contributed by atoms with Gasteiger partial charge < -0.3 is 25.0 Å². The van der Waals surface area contributed by atoms with Gasteiger partial charge in [0.15, 0.2) is 6.23 Å². The summed E-state index contributed by atoms with van der Waals surface area (Å²) in [6.45, 7) is 11.4. The quantitative estimate of drug-likeness (QED) is 0.329. The number of esters is 1. The lowest BCUT2D eigenvalue weighted by atomic mass is 9.86. The van der Waals surface area contributed by atoms with Crippen molar-refractivity contribution in [1.82, 2.24) is 10.6 Å². The molecule has 0 radical (unpaired) electrons. The van der Waals surface area contributed by atoms with E-state index in [4.69, 9.17) is 9.47 Å². The zero-order chi connectivity index (χ0) is 28.6. The third kappa shape index (κ3) is 8.25. The number of nitrogens with zero attached hydrogens (tertiary/aromatic N) is 1. The van der Waals surface area contributed by atoms with Crippen molar-refractivity contribution in [1.29, 1.82) is 0 Å². The van der Waals surface area contributed by atoms with E-state index in [9.17, 15) is 9.59 Å². The Labute approximate surface area is 234 Å². The molecule has 3 rings (SSSR count). The maximum absolute atomic E-state index is 13.0. The molecule has 212 valence electrons. The van der Waals surface area contributed by atoms with Crippen LogP contribution in [0.5, 0.6) is 0 Å². The molecule has 2 atom stereocenters. The summed E-state index contributed by atoms with van der Waals surface area (Å²) in [4.78, 5) is 27.2. The Morgan fingerprint density at radius 1 is 1.05 bits per heavy atom. The number of carbonyl (C=O) groups excluding carboxylic acids is 2. The van der Waals surface area contributed by atoms with Crippen LogP contribution in [0, 0.1) is 5.92 Å². The molecule has 0 aromatic heterocycles. The molecule has 0 spiro atoms. The predicted octanol–water partition coefficient (Wildman–Crippen LogP) is 5.91. The van der Waals surface area contributed by atoms with Crippen LogP contribution in [0.1, 0.15) is 83.2 Å². The van der Waals surface area contributed by atoms with Crippen LogP contribution in [0.25, 0.3) is 5.76 Å². The summed E-state index contributed by atoms with van der Waals surface area (Å²) in [6.07, 6.45) is 1.80. The Kier molecular flexibility index (Phi) is 10.4. The summed E-state index contributed by atoms with van der Waals surface area (Å²) in [7, 11) is 4.00. The Morgan fingerprint density at radius 3 is 2.28 bits per heavy atom. The molecule has 7 heteroatoms. The summed E-state index contributed by atoms with van der Waals surface area (Å²) in [5.41, 5.74) is 5.05. The van der Waals surface area contributed by atoms with Crippen molar-refractivity contribution in [2.45, 2.75) is 71.9 Å². The topological polar surface area (TPSA) is 79.9 Å². The van der Waals surface area contributed by atoms with E-state index >= 15 is 0 Å². The lowest BCUT2D eigenvalue weighted by Crippen LogP contribution is -2.30. The highest BCUT2D eigenvalue weighted by Gasteiger charge is 2.29. The minimum Gasteiger partial charge on any atom is -0.465 e. The molecule has 1 heterocycles. The van der Waals surface area contributed by atoms with Crippen LogP contribution in [0.4, 0.5) is 5.69 Å². The molecule has 0 saturated carbocycles. The predicted molar refractivity (Wildman–Crippen MR) is 157 cm³/mol. The van der Waals surface area contributed by atoms with E-state index in [0.29, 0.717) is 31.8 Å². The van der Waals surface area contributed by atoms with Gasteiger partial charge in [-0.3, -0.25) is 9.59 Å². The lowest BCUT2D eigenvalue weighted by molar-refractivity contribution is -0.149. The van der Waals surface area contributed by atoms with Crippen molar-refractivity contribution in [2.24, 2.45) is 5.92 Å².